The van der Waals surface area contributed by atoms with Gasteiger partial charge in [-0.25, -0.2) is 8.42 Å². The highest BCUT2D eigenvalue weighted by molar-refractivity contribution is 7.91. The van der Waals surface area contributed by atoms with Crippen molar-refractivity contribution in [2.24, 2.45) is 5.92 Å². The molecule has 4 rings (SSSR count). The summed E-state index contributed by atoms with van der Waals surface area (Å²) in [5, 5.41) is 8.51. The number of piperidine rings is 1. The summed E-state index contributed by atoms with van der Waals surface area (Å²) in [6.45, 7) is 2.35. The molecule has 1 saturated carbocycles. The molecule has 0 aromatic carbocycles. The Hall–Kier alpha value is -1.78. The second-order valence-electron chi connectivity index (χ2n) is 6.78. The third kappa shape index (κ3) is 3.53. The van der Waals surface area contributed by atoms with Gasteiger partial charge in [0.05, 0.1) is 5.92 Å². The molecule has 0 unspecified atom stereocenters. The molecule has 140 valence electrons. The van der Waals surface area contributed by atoms with Gasteiger partial charge in [0, 0.05) is 37.0 Å². The van der Waals surface area contributed by atoms with Gasteiger partial charge in [0.2, 0.25) is 17.6 Å². The normalized spacial score (nSPS) is 21.7. The molecule has 1 N–H and O–H groups in total. The Morgan fingerprint density at radius 2 is 2.19 bits per heavy atom. The number of aromatic nitrogens is 2. The molecular formula is C16H20N4O4S2. The summed E-state index contributed by atoms with van der Waals surface area (Å²) in [7, 11) is -3.64. The molecule has 2 aromatic rings. The number of nitrogens with one attached hydrogen (secondary N) is 1. The Morgan fingerprint density at radius 3 is 2.88 bits per heavy atom. The van der Waals surface area contributed by atoms with E-state index in [4.69, 9.17) is 4.52 Å². The molecule has 0 bridgehead atoms. The molecule has 2 aromatic heterocycles. The van der Waals surface area contributed by atoms with Crippen LogP contribution in [0.15, 0.2) is 20.2 Å². The summed E-state index contributed by atoms with van der Waals surface area (Å²) in [5.74, 6) is 0.497. The van der Waals surface area contributed by atoms with E-state index in [1.807, 2.05) is 0 Å². The molecule has 0 radical (unpaired) electrons. The van der Waals surface area contributed by atoms with Crippen LogP contribution < -0.4 is 5.32 Å². The van der Waals surface area contributed by atoms with Crippen molar-refractivity contribution < 1.29 is 17.7 Å². The van der Waals surface area contributed by atoms with Gasteiger partial charge in [-0.05, 0) is 31.7 Å². The molecule has 1 aliphatic carbocycles. The molecular weight excluding hydrogens is 376 g/mol. The molecule has 10 heteroatoms. The van der Waals surface area contributed by atoms with Crippen molar-refractivity contribution in [3.63, 3.8) is 0 Å². The number of rotatable bonds is 5. The predicted octanol–water partition coefficient (Wildman–Crippen LogP) is 1.79. The lowest BCUT2D eigenvalue weighted by Crippen LogP contribution is -2.45. The number of carbonyl (C=O) groups excluding carboxylic acids is 1. The Labute approximate surface area is 155 Å². The largest absolute Gasteiger partial charge is 0.353 e. The van der Waals surface area contributed by atoms with Crippen LogP contribution in [0.25, 0.3) is 11.4 Å². The molecule has 8 nitrogen and oxygen atoms in total. The first kappa shape index (κ1) is 17.6. The van der Waals surface area contributed by atoms with Gasteiger partial charge >= 0.3 is 0 Å². The first-order valence-electron chi connectivity index (χ1n) is 8.63. The number of nitrogens with zero attached hydrogens (tertiary/aromatic N) is 3. The molecule has 2 fully saturated rings. The average molecular weight is 396 g/mol. The topological polar surface area (TPSA) is 105 Å². The predicted molar refractivity (Wildman–Crippen MR) is 95.0 cm³/mol. The van der Waals surface area contributed by atoms with Gasteiger partial charge in [0.1, 0.15) is 4.21 Å². The smallest absolute Gasteiger partial charge is 0.252 e. The molecule has 1 atom stereocenters. The van der Waals surface area contributed by atoms with E-state index in [-0.39, 0.29) is 28.6 Å². The summed E-state index contributed by atoms with van der Waals surface area (Å²) < 4.78 is 32.6. The molecule has 0 spiro atoms. The maximum Gasteiger partial charge on any atom is 0.252 e. The van der Waals surface area contributed by atoms with E-state index < -0.39 is 10.0 Å². The lowest BCUT2D eigenvalue weighted by atomic mass is 9.99. The molecule has 1 saturated heterocycles. The van der Waals surface area contributed by atoms with E-state index in [0.29, 0.717) is 30.2 Å². The molecule has 26 heavy (non-hydrogen) atoms. The van der Waals surface area contributed by atoms with Crippen LogP contribution in [0.4, 0.5) is 0 Å². The van der Waals surface area contributed by atoms with E-state index in [1.54, 1.807) is 18.4 Å². The zero-order valence-electron chi connectivity index (χ0n) is 14.3. The van der Waals surface area contributed by atoms with Crippen LogP contribution in [-0.2, 0) is 14.8 Å². The van der Waals surface area contributed by atoms with Crippen LogP contribution in [0.5, 0.6) is 0 Å². The minimum atomic E-state index is -3.64. The minimum absolute atomic E-state index is 0.0264. The summed E-state index contributed by atoms with van der Waals surface area (Å²) in [6, 6.07) is 1.85. The lowest BCUT2D eigenvalue weighted by molar-refractivity contribution is -0.126. The standard InChI is InChI=1S/C16H20N4O4S2/c1-10-17-15(19-24-10)12-7-14(25-9-12)26(22,23)20-6-2-3-11(8-20)16(21)18-13-4-5-13/h7,9,11,13H,2-6,8H2,1H3,(H,18,21)/t11-/m0/s1. The first-order chi connectivity index (χ1) is 12.4. The Bertz CT molecular complexity index is 916. The van der Waals surface area contributed by atoms with Gasteiger partial charge in [-0.15, -0.1) is 11.3 Å². The molecule has 2 aliphatic rings. The van der Waals surface area contributed by atoms with Gasteiger partial charge in [-0.1, -0.05) is 5.16 Å². The van der Waals surface area contributed by atoms with Crippen LogP contribution >= 0.6 is 11.3 Å². The van der Waals surface area contributed by atoms with Crippen LogP contribution in [0.1, 0.15) is 31.6 Å². The number of carbonyl (C=O) groups is 1. The van der Waals surface area contributed by atoms with Crippen molar-refractivity contribution in [2.75, 3.05) is 13.1 Å². The van der Waals surface area contributed by atoms with E-state index in [9.17, 15) is 13.2 Å². The highest BCUT2D eigenvalue weighted by atomic mass is 32.2. The highest BCUT2D eigenvalue weighted by Crippen LogP contribution is 2.31. The van der Waals surface area contributed by atoms with Gasteiger partial charge in [-0.3, -0.25) is 4.79 Å². The van der Waals surface area contributed by atoms with Gasteiger partial charge in [0.15, 0.2) is 0 Å². The summed E-state index contributed by atoms with van der Waals surface area (Å²) in [4.78, 5) is 16.4. The van der Waals surface area contributed by atoms with Crippen LogP contribution in [-0.4, -0.2) is 47.9 Å². The van der Waals surface area contributed by atoms with E-state index in [0.717, 1.165) is 30.6 Å². The molecule has 3 heterocycles. The summed E-state index contributed by atoms with van der Waals surface area (Å²) in [6.07, 6.45) is 3.45. The second-order valence-corrected chi connectivity index (χ2v) is 9.85. The zero-order chi connectivity index (χ0) is 18.3. The number of amides is 1. The average Bonchev–Trinajstić information content (AvgIpc) is 3.11. The third-order valence-electron chi connectivity index (χ3n) is 4.63. The van der Waals surface area contributed by atoms with Crippen LogP contribution in [0, 0.1) is 12.8 Å². The Morgan fingerprint density at radius 1 is 1.38 bits per heavy atom. The van der Waals surface area contributed by atoms with Crippen molar-refractivity contribution in [2.45, 2.75) is 42.9 Å². The van der Waals surface area contributed by atoms with Crippen molar-refractivity contribution in [1.29, 1.82) is 0 Å². The van der Waals surface area contributed by atoms with E-state index >= 15 is 0 Å². The number of thiophene rings is 1. The SMILES string of the molecule is Cc1nc(-c2csc(S(=O)(=O)N3CCC[C@H](C(=O)NC4CC4)C3)c2)no1. The van der Waals surface area contributed by atoms with Gasteiger partial charge < -0.3 is 9.84 Å². The maximum atomic E-state index is 13.0. The van der Waals surface area contributed by atoms with Crippen molar-refractivity contribution >= 4 is 27.3 Å². The minimum Gasteiger partial charge on any atom is -0.353 e. The maximum absolute atomic E-state index is 13.0. The fraction of sp³-hybridized carbons (Fsp3) is 0.562. The summed E-state index contributed by atoms with van der Waals surface area (Å²) >= 11 is 1.13. The Kier molecular flexibility index (Phi) is 4.57. The number of hydrogen-bond acceptors (Lipinski definition) is 7. The number of hydrogen-bond donors (Lipinski definition) is 1. The molecule has 1 amide bonds. The van der Waals surface area contributed by atoms with Gasteiger partial charge in [0.25, 0.3) is 10.0 Å². The zero-order valence-corrected chi connectivity index (χ0v) is 16.0. The fourth-order valence-corrected chi connectivity index (χ4v) is 5.87. The van der Waals surface area contributed by atoms with Crippen LogP contribution in [0.3, 0.4) is 0 Å². The van der Waals surface area contributed by atoms with Gasteiger partial charge in [-0.2, -0.15) is 9.29 Å². The molecule has 1 aliphatic heterocycles. The quantitative estimate of drug-likeness (QED) is 0.826. The Balaban J connectivity index is 1.50. The second kappa shape index (κ2) is 6.75. The van der Waals surface area contributed by atoms with E-state index in [1.165, 1.54) is 4.31 Å². The lowest BCUT2D eigenvalue weighted by Gasteiger charge is -2.30. The van der Waals surface area contributed by atoms with Crippen molar-refractivity contribution in [1.82, 2.24) is 19.8 Å². The fourth-order valence-electron chi connectivity index (χ4n) is 3.03. The summed E-state index contributed by atoms with van der Waals surface area (Å²) in [5.41, 5.74) is 0.616. The number of aryl methyl sites for hydroxylation is 1. The number of sulfonamides is 1. The highest BCUT2D eigenvalue weighted by Gasteiger charge is 2.35. The first-order valence-corrected chi connectivity index (χ1v) is 11.0. The third-order valence-corrected chi connectivity index (χ3v) is 7.91. The van der Waals surface area contributed by atoms with E-state index in [2.05, 4.69) is 15.5 Å². The van der Waals surface area contributed by atoms with Crippen molar-refractivity contribution in [3.8, 4) is 11.4 Å². The monoisotopic (exact) mass is 396 g/mol. The van der Waals surface area contributed by atoms with Crippen molar-refractivity contribution in [3.05, 3.63) is 17.3 Å². The van der Waals surface area contributed by atoms with Crippen LogP contribution in [0.2, 0.25) is 0 Å².